The molecule has 0 spiro atoms. The molecule has 0 aromatic heterocycles. The lowest BCUT2D eigenvalue weighted by Gasteiger charge is -2.09. The number of methoxy groups -OCH3 is 1. The van der Waals surface area contributed by atoms with Crippen molar-refractivity contribution in [2.75, 3.05) is 12.8 Å². The van der Waals surface area contributed by atoms with Gasteiger partial charge in [-0.2, -0.15) is 0 Å². The van der Waals surface area contributed by atoms with Crippen LogP contribution < -0.4 is 10.5 Å². The Morgan fingerprint density at radius 3 is 2.40 bits per heavy atom. The number of carbonyl (C=O) groups is 1. The van der Waals surface area contributed by atoms with Gasteiger partial charge in [-0.25, -0.2) is 0 Å². The summed E-state index contributed by atoms with van der Waals surface area (Å²) < 4.78 is 10.5. The standard InChI is InChI=1S/C16H17NO3/c1-19-15-9-5-3-7-13(15)11-20-16(18)10-12-6-2-4-8-14(12)17/h2-9H,10-11,17H2,1H3. The van der Waals surface area contributed by atoms with E-state index >= 15 is 0 Å². The number of nitrogen functional groups attached to an aromatic ring is 1. The van der Waals surface area contributed by atoms with Gasteiger partial charge in [0, 0.05) is 11.3 Å². The molecular weight excluding hydrogens is 254 g/mol. The van der Waals surface area contributed by atoms with E-state index in [4.69, 9.17) is 15.2 Å². The summed E-state index contributed by atoms with van der Waals surface area (Å²) in [6, 6.07) is 14.7. The molecule has 0 bridgehead atoms. The maximum Gasteiger partial charge on any atom is 0.310 e. The molecular formula is C16H17NO3. The lowest BCUT2D eigenvalue weighted by molar-refractivity contribution is -0.144. The van der Waals surface area contributed by atoms with E-state index in [1.54, 1.807) is 13.2 Å². The Morgan fingerprint density at radius 2 is 1.70 bits per heavy atom. The average Bonchev–Trinajstić information content (AvgIpc) is 2.48. The third-order valence-corrected chi connectivity index (χ3v) is 2.97. The highest BCUT2D eigenvalue weighted by Crippen LogP contribution is 2.18. The van der Waals surface area contributed by atoms with Crippen molar-refractivity contribution in [3.05, 3.63) is 59.7 Å². The van der Waals surface area contributed by atoms with Gasteiger partial charge in [-0.05, 0) is 17.7 Å². The Labute approximate surface area is 118 Å². The van der Waals surface area contributed by atoms with Crippen LogP contribution in [0.15, 0.2) is 48.5 Å². The van der Waals surface area contributed by atoms with E-state index < -0.39 is 0 Å². The van der Waals surface area contributed by atoms with Gasteiger partial charge in [0.25, 0.3) is 0 Å². The molecule has 20 heavy (non-hydrogen) atoms. The number of esters is 1. The van der Waals surface area contributed by atoms with Crippen molar-refractivity contribution < 1.29 is 14.3 Å². The van der Waals surface area contributed by atoms with Gasteiger partial charge in [-0.1, -0.05) is 36.4 Å². The minimum Gasteiger partial charge on any atom is -0.496 e. The fourth-order valence-electron chi connectivity index (χ4n) is 1.88. The molecule has 0 saturated heterocycles. The number of rotatable bonds is 5. The number of ether oxygens (including phenoxy) is 2. The molecule has 2 rings (SSSR count). The summed E-state index contributed by atoms with van der Waals surface area (Å²) in [4.78, 5) is 11.8. The van der Waals surface area contributed by atoms with Gasteiger partial charge in [0.15, 0.2) is 0 Å². The zero-order chi connectivity index (χ0) is 14.4. The van der Waals surface area contributed by atoms with E-state index in [1.165, 1.54) is 0 Å². The van der Waals surface area contributed by atoms with E-state index in [-0.39, 0.29) is 19.0 Å². The molecule has 0 fully saturated rings. The van der Waals surface area contributed by atoms with E-state index in [0.29, 0.717) is 11.4 Å². The molecule has 104 valence electrons. The first-order valence-corrected chi connectivity index (χ1v) is 6.31. The summed E-state index contributed by atoms with van der Waals surface area (Å²) >= 11 is 0. The number of carbonyl (C=O) groups excluding carboxylic acids is 1. The van der Waals surface area contributed by atoms with Crippen molar-refractivity contribution in [1.29, 1.82) is 0 Å². The maximum absolute atomic E-state index is 11.8. The zero-order valence-electron chi connectivity index (χ0n) is 11.3. The SMILES string of the molecule is COc1ccccc1COC(=O)Cc1ccccc1N. The highest BCUT2D eigenvalue weighted by molar-refractivity contribution is 5.74. The van der Waals surface area contributed by atoms with E-state index in [0.717, 1.165) is 11.1 Å². The predicted molar refractivity (Wildman–Crippen MR) is 77.3 cm³/mol. The van der Waals surface area contributed by atoms with Gasteiger partial charge in [-0.3, -0.25) is 4.79 Å². The Balaban J connectivity index is 1.94. The van der Waals surface area contributed by atoms with Crippen LogP contribution in [0.5, 0.6) is 5.75 Å². The van der Waals surface area contributed by atoms with Crippen LogP contribution in [0.25, 0.3) is 0 Å². The number of para-hydroxylation sites is 2. The quantitative estimate of drug-likeness (QED) is 0.670. The van der Waals surface area contributed by atoms with Crippen molar-refractivity contribution in [3.8, 4) is 5.75 Å². The Hall–Kier alpha value is -2.49. The molecule has 0 aliphatic rings. The molecule has 2 aromatic carbocycles. The second-order valence-corrected chi connectivity index (χ2v) is 4.35. The monoisotopic (exact) mass is 271 g/mol. The minimum absolute atomic E-state index is 0.168. The summed E-state index contributed by atoms with van der Waals surface area (Å²) in [5.41, 5.74) is 8.01. The first kappa shape index (κ1) is 13.9. The first-order chi connectivity index (χ1) is 9.70. The number of hydrogen-bond donors (Lipinski definition) is 1. The minimum atomic E-state index is -0.311. The van der Waals surface area contributed by atoms with Crippen molar-refractivity contribution >= 4 is 11.7 Å². The largest absolute Gasteiger partial charge is 0.496 e. The van der Waals surface area contributed by atoms with Gasteiger partial charge in [0.05, 0.1) is 13.5 Å². The highest BCUT2D eigenvalue weighted by atomic mass is 16.5. The molecule has 0 amide bonds. The number of anilines is 1. The van der Waals surface area contributed by atoms with Gasteiger partial charge >= 0.3 is 5.97 Å². The molecule has 0 unspecified atom stereocenters. The molecule has 4 heteroatoms. The molecule has 4 nitrogen and oxygen atoms in total. The molecule has 0 aliphatic heterocycles. The lowest BCUT2D eigenvalue weighted by Crippen LogP contribution is -2.09. The zero-order valence-corrected chi connectivity index (χ0v) is 11.3. The maximum atomic E-state index is 11.8. The van der Waals surface area contributed by atoms with Crippen molar-refractivity contribution in [3.63, 3.8) is 0 Å². The molecule has 2 N–H and O–H groups in total. The highest BCUT2D eigenvalue weighted by Gasteiger charge is 2.09. The van der Waals surface area contributed by atoms with Gasteiger partial charge in [0.2, 0.25) is 0 Å². The Kier molecular flexibility index (Phi) is 4.60. The van der Waals surface area contributed by atoms with Crippen LogP contribution in [0, 0.1) is 0 Å². The summed E-state index contributed by atoms with van der Waals surface area (Å²) in [5.74, 6) is 0.397. The summed E-state index contributed by atoms with van der Waals surface area (Å²) in [6.07, 6.45) is 0.168. The third-order valence-electron chi connectivity index (χ3n) is 2.97. The van der Waals surface area contributed by atoms with Crippen LogP contribution in [0.3, 0.4) is 0 Å². The van der Waals surface area contributed by atoms with Crippen molar-refractivity contribution in [2.45, 2.75) is 13.0 Å². The van der Waals surface area contributed by atoms with Crippen molar-refractivity contribution in [1.82, 2.24) is 0 Å². The molecule has 0 radical (unpaired) electrons. The summed E-state index contributed by atoms with van der Waals surface area (Å²) in [7, 11) is 1.59. The average molecular weight is 271 g/mol. The van der Waals surface area contributed by atoms with Crippen LogP contribution in [-0.4, -0.2) is 13.1 Å². The van der Waals surface area contributed by atoms with Crippen LogP contribution in [0.4, 0.5) is 5.69 Å². The van der Waals surface area contributed by atoms with E-state index in [1.807, 2.05) is 42.5 Å². The van der Waals surface area contributed by atoms with Crippen LogP contribution in [-0.2, 0) is 22.6 Å². The summed E-state index contributed by atoms with van der Waals surface area (Å²) in [6.45, 7) is 0.190. The molecule has 0 heterocycles. The smallest absolute Gasteiger partial charge is 0.310 e. The molecule has 2 aromatic rings. The number of nitrogens with two attached hydrogens (primary N) is 1. The normalized spacial score (nSPS) is 10.1. The van der Waals surface area contributed by atoms with Crippen LogP contribution in [0.1, 0.15) is 11.1 Å². The number of hydrogen-bond acceptors (Lipinski definition) is 4. The summed E-state index contributed by atoms with van der Waals surface area (Å²) in [5, 5.41) is 0. The second kappa shape index (κ2) is 6.61. The number of benzene rings is 2. The molecule has 0 atom stereocenters. The molecule has 0 saturated carbocycles. The lowest BCUT2D eigenvalue weighted by atomic mass is 10.1. The van der Waals surface area contributed by atoms with Crippen LogP contribution in [0.2, 0.25) is 0 Å². The van der Waals surface area contributed by atoms with E-state index in [2.05, 4.69) is 0 Å². The van der Waals surface area contributed by atoms with Crippen LogP contribution >= 0.6 is 0 Å². The first-order valence-electron chi connectivity index (χ1n) is 6.31. The Morgan fingerprint density at radius 1 is 1.05 bits per heavy atom. The third kappa shape index (κ3) is 3.51. The van der Waals surface area contributed by atoms with Gasteiger partial charge in [-0.15, -0.1) is 0 Å². The van der Waals surface area contributed by atoms with E-state index in [9.17, 15) is 4.79 Å². The van der Waals surface area contributed by atoms with Crippen molar-refractivity contribution in [2.24, 2.45) is 0 Å². The predicted octanol–water partition coefficient (Wildman–Crippen LogP) is 2.56. The fraction of sp³-hybridized carbons (Fsp3) is 0.188. The fourth-order valence-corrected chi connectivity index (χ4v) is 1.88. The Bertz CT molecular complexity index is 596. The topological polar surface area (TPSA) is 61.5 Å². The van der Waals surface area contributed by atoms with Gasteiger partial charge < -0.3 is 15.2 Å². The second-order valence-electron chi connectivity index (χ2n) is 4.35. The van der Waals surface area contributed by atoms with Gasteiger partial charge in [0.1, 0.15) is 12.4 Å². The molecule has 0 aliphatic carbocycles.